The number of Topliss-reactive ketones (excluding diaryl/α,β-unsaturated/α-hetero) is 2. The maximum atomic E-state index is 12.5. The van der Waals surface area contributed by atoms with E-state index in [0.717, 1.165) is 6.20 Å². The van der Waals surface area contributed by atoms with Gasteiger partial charge in [0.15, 0.2) is 0 Å². The molecule has 0 aliphatic heterocycles. The van der Waals surface area contributed by atoms with E-state index < -0.39 is 11.7 Å². The van der Waals surface area contributed by atoms with Gasteiger partial charge in [0.25, 0.3) is 0 Å². The highest BCUT2D eigenvalue weighted by molar-refractivity contribution is 6.05. The largest absolute Gasteiger partial charge is 0.299 e. The first kappa shape index (κ1) is 10.5. The zero-order valence-electron chi connectivity index (χ0n) is 7.95. The quantitative estimate of drug-likeness (QED) is 0.686. The van der Waals surface area contributed by atoms with Crippen molar-refractivity contribution in [3.8, 4) is 0 Å². The van der Waals surface area contributed by atoms with Gasteiger partial charge in [-0.25, -0.2) is 4.39 Å². The molecule has 0 aliphatic rings. The molecule has 0 saturated carbocycles. The molecule has 0 bridgehead atoms. The third-order valence-corrected chi connectivity index (χ3v) is 1.86. The Balaban J connectivity index is 3.06. The minimum Gasteiger partial charge on any atom is -0.299 e. The van der Waals surface area contributed by atoms with Crippen LogP contribution in [0.25, 0.3) is 0 Å². The summed E-state index contributed by atoms with van der Waals surface area (Å²) >= 11 is 0. The van der Waals surface area contributed by atoms with E-state index in [4.69, 9.17) is 0 Å². The van der Waals surface area contributed by atoms with Crippen LogP contribution in [0.4, 0.5) is 4.39 Å². The van der Waals surface area contributed by atoms with Crippen molar-refractivity contribution in [2.24, 2.45) is 0 Å². The molecular formula is C10H10FNO2. The molecule has 0 atom stereocenters. The zero-order valence-corrected chi connectivity index (χ0v) is 7.95. The second kappa shape index (κ2) is 4.09. The van der Waals surface area contributed by atoms with E-state index in [1.54, 1.807) is 0 Å². The highest BCUT2D eigenvalue weighted by Gasteiger charge is 2.22. The van der Waals surface area contributed by atoms with E-state index in [9.17, 15) is 14.0 Å². The van der Waals surface area contributed by atoms with Crippen LogP contribution in [0.3, 0.4) is 0 Å². The Morgan fingerprint density at radius 2 is 1.86 bits per heavy atom. The summed E-state index contributed by atoms with van der Waals surface area (Å²) in [5, 5.41) is 0. The van der Waals surface area contributed by atoms with Gasteiger partial charge in [0.1, 0.15) is 23.3 Å². The van der Waals surface area contributed by atoms with E-state index >= 15 is 0 Å². The van der Waals surface area contributed by atoms with Crippen molar-refractivity contribution in [1.82, 2.24) is 4.98 Å². The second-order valence-corrected chi connectivity index (χ2v) is 3.06. The van der Waals surface area contributed by atoms with Gasteiger partial charge in [0.05, 0.1) is 11.9 Å². The fourth-order valence-electron chi connectivity index (χ4n) is 1.26. The lowest BCUT2D eigenvalue weighted by Gasteiger charge is -2.08. The summed E-state index contributed by atoms with van der Waals surface area (Å²) in [7, 11) is 0. The molecular weight excluding hydrogens is 185 g/mol. The summed E-state index contributed by atoms with van der Waals surface area (Å²) in [6, 6.07) is 2.53. The Kier molecular flexibility index (Phi) is 3.06. The SMILES string of the molecule is CC(=O)C(C(C)=O)c1ccc(F)cn1. The Bertz CT molecular complexity index is 345. The first-order chi connectivity index (χ1) is 6.52. The summed E-state index contributed by atoms with van der Waals surface area (Å²) in [5.74, 6) is -1.91. The molecule has 1 heterocycles. The van der Waals surface area contributed by atoms with E-state index in [1.165, 1.54) is 26.0 Å². The van der Waals surface area contributed by atoms with Gasteiger partial charge in [-0.05, 0) is 26.0 Å². The number of hydrogen-bond donors (Lipinski definition) is 0. The van der Waals surface area contributed by atoms with Crippen LogP contribution < -0.4 is 0 Å². The Hall–Kier alpha value is -1.58. The first-order valence-electron chi connectivity index (χ1n) is 4.14. The molecule has 0 fully saturated rings. The van der Waals surface area contributed by atoms with Crippen molar-refractivity contribution < 1.29 is 14.0 Å². The van der Waals surface area contributed by atoms with Gasteiger partial charge in [-0.1, -0.05) is 0 Å². The summed E-state index contributed by atoms with van der Waals surface area (Å²) in [6.45, 7) is 2.63. The fraction of sp³-hybridized carbons (Fsp3) is 0.300. The summed E-state index contributed by atoms with van der Waals surface area (Å²) in [5.41, 5.74) is 0.298. The monoisotopic (exact) mass is 195 g/mol. The van der Waals surface area contributed by atoms with Crippen LogP contribution in [0.2, 0.25) is 0 Å². The molecule has 0 radical (unpaired) electrons. The Morgan fingerprint density at radius 3 is 2.21 bits per heavy atom. The molecule has 14 heavy (non-hydrogen) atoms. The van der Waals surface area contributed by atoms with E-state index in [-0.39, 0.29) is 11.6 Å². The molecule has 1 aromatic rings. The highest BCUT2D eigenvalue weighted by Crippen LogP contribution is 2.15. The van der Waals surface area contributed by atoms with Gasteiger partial charge in [0, 0.05) is 0 Å². The van der Waals surface area contributed by atoms with Crippen molar-refractivity contribution in [1.29, 1.82) is 0 Å². The molecule has 0 aliphatic carbocycles. The van der Waals surface area contributed by atoms with Crippen molar-refractivity contribution in [3.05, 3.63) is 29.8 Å². The molecule has 74 valence electrons. The summed E-state index contributed by atoms with van der Waals surface area (Å²) in [4.78, 5) is 25.9. The van der Waals surface area contributed by atoms with Crippen LogP contribution in [0.5, 0.6) is 0 Å². The van der Waals surface area contributed by atoms with E-state index in [1.807, 2.05) is 0 Å². The van der Waals surface area contributed by atoms with Crippen LogP contribution in [-0.4, -0.2) is 16.6 Å². The molecule has 0 amide bonds. The molecule has 1 aromatic heterocycles. The predicted octanol–water partition coefficient (Wildman–Crippen LogP) is 1.48. The van der Waals surface area contributed by atoms with Gasteiger partial charge in [0.2, 0.25) is 0 Å². The van der Waals surface area contributed by atoms with Crippen LogP contribution >= 0.6 is 0 Å². The van der Waals surface area contributed by atoms with E-state index in [2.05, 4.69) is 4.98 Å². The van der Waals surface area contributed by atoms with E-state index in [0.29, 0.717) is 5.69 Å². The standard InChI is InChI=1S/C10H10FNO2/c1-6(13)10(7(2)14)9-4-3-8(11)5-12-9/h3-5,10H,1-2H3. The number of rotatable bonds is 3. The molecule has 0 saturated heterocycles. The Morgan fingerprint density at radius 1 is 1.29 bits per heavy atom. The highest BCUT2D eigenvalue weighted by atomic mass is 19.1. The van der Waals surface area contributed by atoms with Gasteiger partial charge in [-0.3, -0.25) is 14.6 Å². The number of pyridine rings is 1. The average Bonchev–Trinajstić information content (AvgIpc) is 2.07. The number of aromatic nitrogens is 1. The number of nitrogens with zero attached hydrogens (tertiary/aromatic N) is 1. The fourth-order valence-corrected chi connectivity index (χ4v) is 1.26. The van der Waals surface area contributed by atoms with Crippen molar-refractivity contribution in [2.45, 2.75) is 19.8 Å². The lowest BCUT2D eigenvalue weighted by molar-refractivity contribution is -0.126. The third-order valence-electron chi connectivity index (χ3n) is 1.86. The molecule has 1 rings (SSSR count). The predicted molar refractivity (Wildman–Crippen MR) is 48.3 cm³/mol. The van der Waals surface area contributed by atoms with Gasteiger partial charge in [-0.2, -0.15) is 0 Å². The number of halogens is 1. The lowest BCUT2D eigenvalue weighted by atomic mass is 9.96. The number of ketones is 2. The van der Waals surface area contributed by atoms with Crippen molar-refractivity contribution >= 4 is 11.6 Å². The average molecular weight is 195 g/mol. The van der Waals surface area contributed by atoms with Crippen LogP contribution in [0.15, 0.2) is 18.3 Å². The maximum absolute atomic E-state index is 12.5. The molecule has 0 N–H and O–H groups in total. The second-order valence-electron chi connectivity index (χ2n) is 3.06. The summed E-state index contributed by atoms with van der Waals surface area (Å²) in [6.07, 6.45) is 0.994. The van der Waals surface area contributed by atoms with Crippen LogP contribution in [0, 0.1) is 5.82 Å². The topological polar surface area (TPSA) is 47.0 Å². The van der Waals surface area contributed by atoms with Gasteiger partial charge < -0.3 is 0 Å². The Labute approximate surface area is 81.0 Å². The van der Waals surface area contributed by atoms with Crippen molar-refractivity contribution in [2.75, 3.05) is 0 Å². The molecule has 0 spiro atoms. The number of carbonyl (C=O) groups is 2. The zero-order chi connectivity index (χ0) is 10.7. The molecule has 0 aromatic carbocycles. The first-order valence-corrected chi connectivity index (χ1v) is 4.14. The molecule has 4 heteroatoms. The van der Waals surface area contributed by atoms with Gasteiger partial charge >= 0.3 is 0 Å². The number of hydrogen-bond acceptors (Lipinski definition) is 3. The minimum absolute atomic E-state index is 0.281. The third kappa shape index (κ3) is 2.22. The minimum atomic E-state index is -0.865. The van der Waals surface area contributed by atoms with Crippen LogP contribution in [0.1, 0.15) is 25.5 Å². The number of carbonyl (C=O) groups excluding carboxylic acids is 2. The normalized spacial score (nSPS) is 10.3. The van der Waals surface area contributed by atoms with Crippen LogP contribution in [-0.2, 0) is 9.59 Å². The lowest BCUT2D eigenvalue weighted by Crippen LogP contribution is -2.18. The maximum Gasteiger partial charge on any atom is 0.146 e. The summed E-state index contributed by atoms with van der Waals surface area (Å²) < 4.78 is 12.5. The van der Waals surface area contributed by atoms with Crippen molar-refractivity contribution in [3.63, 3.8) is 0 Å². The van der Waals surface area contributed by atoms with Gasteiger partial charge in [-0.15, -0.1) is 0 Å². The molecule has 3 nitrogen and oxygen atoms in total. The molecule has 0 unspecified atom stereocenters. The smallest absolute Gasteiger partial charge is 0.146 e.